The number of carboxylic acids is 2. The third kappa shape index (κ3) is 4.86. The Labute approximate surface area is 214 Å². The van der Waals surface area contributed by atoms with Crippen LogP contribution in [-0.2, 0) is 35.7 Å². The molecule has 190 valence electrons. The van der Waals surface area contributed by atoms with Crippen LogP contribution in [0.3, 0.4) is 0 Å². The van der Waals surface area contributed by atoms with Gasteiger partial charge in [-0.15, -0.1) is 11.3 Å². The summed E-state index contributed by atoms with van der Waals surface area (Å²) in [5, 5.41) is 36.6. The van der Waals surface area contributed by atoms with E-state index in [4.69, 9.17) is 9.84 Å². The quantitative estimate of drug-likeness (QED) is 0.232. The van der Waals surface area contributed by atoms with Crippen molar-refractivity contribution in [2.24, 2.45) is 0 Å². The number of carbonyl (C=O) groups is 3. The Bertz CT molecular complexity index is 1510. The number of thiophene rings is 1. The number of nitrogens with zero attached hydrogens (tertiary/aromatic N) is 1. The van der Waals surface area contributed by atoms with Gasteiger partial charge in [-0.1, -0.05) is 42.5 Å². The minimum absolute atomic E-state index is 0.00195. The maximum atomic E-state index is 12.0. The zero-order chi connectivity index (χ0) is 26.1. The zero-order valence-corrected chi connectivity index (χ0v) is 20.2. The average molecular weight is 522 g/mol. The molecule has 11 heteroatoms. The number of ether oxygens (including phenoxy) is 1. The molecule has 0 spiro atoms. The molecule has 5 rings (SSSR count). The van der Waals surface area contributed by atoms with Gasteiger partial charge in [-0.3, -0.25) is 4.79 Å². The molecule has 0 saturated heterocycles. The highest BCUT2D eigenvalue weighted by Crippen LogP contribution is 2.38. The molecule has 1 aliphatic rings. The molecule has 1 atom stereocenters. The maximum absolute atomic E-state index is 12.0. The van der Waals surface area contributed by atoms with Gasteiger partial charge in [0.05, 0.1) is 10.9 Å². The second kappa shape index (κ2) is 9.96. The summed E-state index contributed by atoms with van der Waals surface area (Å²) in [4.78, 5) is 35.2. The van der Waals surface area contributed by atoms with Crippen LogP contribution in [0.2, 0.25) is 0 Å². The first-order valence-corrected chi connectivity index (χ1v) is 12.3. The third-order valence-corrected chi connectivity index (χ3v) is 7.38. The van der Waals surface area contributed by atoms with E-state index in [9.17, 15) is 24.6 Å². The van der Waals surface area contributed by atoms with Gasteiger partial charge in [0.2, 0.25) is 5.88 Å². The van der Waals surface area contributed by atoms with Crippen molar-refractivity contribution in [1.29, 1.82) is 0 Å². The van der Waals surface area contributed by atoms with E-state index in [-0.39, 0.29) is 22.5 Å². The summed E-state index contributed by atoms with van der Waals surface area (Å²) in [6.45, 7) is 1.05. The maximum Gasteiger partial charge on any atom is 0.394 e. The predicted molar refractivity (Wildman–Crippen MR) is 136 cm³/mol. The van der Waals surface area contributed by atoms with Crippen LogP contribution in [-0.4, -0.2) is 43.8 Å². The molecule has 5 N–H and O–H groups in total. The summed E-state index contributed by atoms with van der Waals surface area (Å²) in [5.74, 6) is -3.62. The highest BCUT2D eigenvalue weighted by molar-refractivity contribution is 7.17. The van der Waals surface area contributed by atoms with Gasteiger partial charge in [0.25, 0.3) is 0 Å². The van der Waals surface area contributed by atoms with Crippen LogP contribution in [0.4, 0.5) is 5.00 Å². The van der Waals surface area contributed by atoms with Gasteiger partial charge in [-0.25, -0.2) is 9.59 Å². The van der Waals surface area contributed by atoms with E-state index in [2.05, 4.69) is 10.6 Å². The van der Waals surface area contributed by atoms with Crippen molar-refractivity contribution < 1.29 is 34.4 Å². The van der Waals surface area contributed by atoms with E-state index in [0.29, 0.717) is 47.7 Å². The number of rotatable bonds is 7. The van der Waals surface area contributed by atoms with E-state index in [1.165, 1.54) is 0 Å². The number of anilines is 1. The van der Waals surface area contributed by atoms with E-state index in [0.717, 1.165) is 22.3 Å². The van der Waals surface area contributed by atoms with E-state index < -0.39 is 17.8 Å². The Kier molecular flexibility index (Phi) is 6.55. The average Bonchev–Trinajstić information content (AvgIpc) is 3.40. The van der Waals surface area contributed by atoms with Crippen molar-refractivity contribution in [2.45, 2.75) is 32.2 Å². The topological polar surface area (TPSA) is 150 Å². The summed E-state index contributed by atoms with van der Waals surface area (Å²) < 4.78 is 7.70. The number of carbonyl (C=O) groups excluding carboxylic acids is 1. The Morgan fingerprint density at radius 2 is 1.89 bits per heavy atom. The molecule has 10 nitrogen and oxygen atoms in total. The molecule has 2 aromatic carbocycles. The lowest BCUT2D eigenvalue weighted by Crippen LogP contribution is -2.38. The Hall–Kier alpha value is -4.35. The minimum atomic E-state index is -1.69. The van der Waals surface area contributed by atoms with Crippen LogP contribution < -0.4 is 15.4 Å². The number of carboxylic acid groups (broad SMARTS) is 2. The van der Waals surface area contributed by atoms with Crippen molar-refractivity contribution in [3.8, 4) is 11.6 Å². The Morgan fingerprint density at radius 1 is 1.11 bits per heavy atom. The molecular formula is C26H23N3O7S. The Morgan fingerprint density at radius 3 is 2.62 bits per heavy atom. The highest BCUT2D eigenvalue weighted by atomic mass is 32.1. The summed E-state index contributed by atoms with van der Waals surface area (Å²) in [6, 6.07) is 15.0. The van der Waals surface area contributed by atoms with Crippen LogP contribution in [0, 0.1) is 0 Å². The number of hydrogen-bond donors (Lipinski definition) is 5. The normalized spacial score (nSPS) is 14.8. The molecule has 0 radical (unpaired) electrons. The third-order valence-electron chi connectivity index (χ3n) is 6.23. The van der Waals surface area contributed by atoms with Crippen molar-refractivity contribution >= 4 is 45.0 Å². The number of aliphatic carboxylic acids is 1. The molecule has 1 unspecified atom stereocenters. The summed E-state index contributed by atoms with van der Waals surface area (Å²) in [7, 11) is 0. The lowest BCUT2D eigenvalue weighted by atomic mass is 9.98. The van der Waals surface area contributed by atoms with E-state index in [1.54, 1.807) is 10.6 Å². The van der Waals surface area contributed by atoms with Crippen molar-refractivity contribution in [3.05, 3.63) is 76.3 Å². The first kappa shape index (κ1) is 24.3. The molecule has 3 heterocycles. The largest absolute Gasteiger partial charge is 0.494 e. The van der Waals surface area contributed by atoms with Gasteiger partial charge in [-0.05, 0) is 23.6 Å². The summed E-state index contributed by atoms with van der Waals surface area (Å²) >= 11 is 1.05. The zero-order valence-electron chi connectivity index (χ0n) is 19.4. The molecule has 2 aromatic heterocycles. The van der Waals surface area contributed by atoms with Crippen molar-refractivity contribution in [3.63, 3.8) is 0 Å². The number of nitrogens with one attached hydrogen (secondary N) is 2. The smallest absolute Gasteiger partial charge is 0.394 e. The van der Waals surface area contributed by atoms with Crippen LogP contribution in [0.25, 0.3) is 10.8 Å². The standard InChI is InChI=1S/C26H23N3O7S/c30-22(26(34)35)28-23-21(25(32)33)17-9-16(27-10-19(17)37-23)12-29-11-15-7-4-8-18(20(15)24(29)31)36-13-14-5-2-1-3-6-14/h1-8,11,16,27,31H,9-10,12-13H2,(H,28,30)(H,32,33)(H,34,35). The van der Waals surface area contributed by atoms with Gasteiger partial charge < -0.3 is 35.3 Å². The molecule has 0 aliphatic carbocycles. The van der Waals surface area contributed by atoms with Crippen molar-refractivity contribution in [2.75, 3.05) is 5.32 Å². The Balaban J connectivity index is 1.37. The molecule has 0 saturated carbocycles. The number of hydrogen-bond acceptors (Lipinski definition) is 7. The van der Waals surface area contributed by atoms with Crippen molar-refractivity contribution in [1.82, 2.24) is 9.88 Å². The van der Waals surface area contributed by atoms with Gasteiger partial charge in [-0.2, -0.15) is 0 Å². The molecule has 1 aliphatic heterocycles. The van der Waals surface area contributed by atoms with Gasteiger partial charge in [0, 0.05) is 35.6 Å². The molecule has 1 amide bonds. The first-order chi connectivity index (χ1) is 17.8. The van der Waals surface area contributed by atoms with E-state index >= 15 is 0 Å². The number of amides is 1. The fourth-order valence-corrected chi connectivity index (χ4v) is 5.69. The van der Waals surface area contributed by atoms with Gasteiger partial charge >= 0.3 is 17.8 Å². The minimum Gasteiger partial charge on any atom is -0.494 e. The summed E-state index contributed by atoms with van der Waals surface area (Å²) in [5.41, 5.74) is 1.45. The van der Waals surface area contributed by atoms with Crippen LogP contribution in [0.1, 0.15) is 26.4 Å². The monoisotopic (exact) mass is 521 g/mol. The predicted octanol–water partition coefficient (Wildman–Crippen LogP) is 3.42. The lowest BCUT2D eigenvalue weighted by Gasteiger charge is -2.25. The number of aromatic carboxylic acids is 1. The second-order valence-corrected chi connectivity index (χ2v) is 9.76. The molecule has 37 heavy (non-hydrogen) atoms. The van der Waals surface area contributed by atoms with Crippen LogP contribution >= 0.6 is 11.3 Å². The number of aromatic nitrogens is 1. The van der Waals surface area contributed by atoms with Gasteiger partial charge in [0.15, 0.2) is 0 Å². The van der Waals surface area contributed by atoms with Crippen LogP contribution in [0.15, 0.2) is 54.7 Å². The van der Waals surface area contributed by atoms with E-state index in [1.807, 2.05) is 48.7 Å². The molecule has 0 bridgehead atoms. The second-order valence-electron chi connectivity index (χ2n) is 8.65. The highest BCUT2D eigenvalue weighted by Gasteiger charge is 2.31. The number of benzene rings is 2. The number of fused-ring (bicyclic) bond motifs is 2. The molecule has 0 fully saturated rings. The fourth-order valence-electron chi connectivity index (χ4n) is 4.53. The first-order valence-electron chi connectivity index (χ1n) is 11.4. The molecular weight excluding hydrogens is 498 g/mol. The van der Waals surface area contributed by atoms with Gasteiger partial charge in [0.1, 0.15) is 17.4 Å². The fraction of sp³-hybridized carbons (Fsp3) is 0.192. The van der Waals surface area contributed by atoms with Crippen LogP contribution in [0.5, 0.6) is 11.6 Å². The molecule has 4 aromatic rings. The number of aromatic hydroxyl groups is 1. The summed E-state index contributed by atoms with van der Waals surface area (Å²) in [6.07, 6.45) is 2.14. The SMILES string of the molecule is O=C(O)C(=O)Nc1sc2c(c1C(=O)O)CC(Cn1cc3cccc(OCc4ccccc4)c3c1O)NC2. The lowest BCUT2D eigenvalue weighted by molar-refractivity contribution is -0.147.